The minimum absolute atomic E-state index is 0.104. The number of nitriles is 1. The lowest BCUT2D eigenvalue weighted by molar-refractivity contribution is 0.112. The van der Waals surface area contributed by atoms with Gasteiger partial charge in [-0.15, -0.1) is 0 Å². The third-order valence-electron chi connectivity index (χ3n) is 3.17. The van der Waals surface area contributed by atoms with Crippen LogP contribution in [0.3, 0.4) is 0 Å². The molecule has 100 valence electrons. The van der Waals surface area contributed by atoms with E-state index >= 15 is 0 Å². The maximum Gasteiger partial charge on any atom is 0.152 e. The normalized spacial score (nSPS) is 18.4. The maximum absolute atomic E-state index is 11.6. The standard InChI is InChI=1S/C13H14N2O3S/c14-9-12-8-11(10-16)2-3-13(12)15-4-1-6-19(17,18)7-5-15/h2-3,8,10H,1,4-7H2. The number of aldehydes is 1. The Morgan fingerprint density at radius 2 is 2.05 bits per heavy atom. The van der Waals surface area contributed by atoms with E-state index in [2.05, 4.69) is 6.07 Å². The topological polar surface area (TPSA) is 78.2 Å². The number of benzene rings is 1. The SMILES string of the molecule is N#Cc1cc(C=O)ccc1N1CCCS(=O)(=O)CC1. The van der Waals surface area contributed by atoms with E-state index in [1.54, 1.807) is 12.1 Å². The number of anilines is 1. The lowest BCUT2D eigenvalue weighted by atomic mass is 10.1. The van der Waals surface area contributed by atoms with Crippen LogP contribution in [0, 0.1) is 11.3 Å². The lowest BCUT2D eigenvalue weighted by Crippen LogP contribution is -2.27. The molecule has 0 unspecified atom stereocenters. The van der Waals surface area contributed by atoms with E-state index in [1.165, 1.54) is 6.07 Å². The van der Waals surface area contributed by atoms with Gasteiger partial charge in [0.05, 0.1) is 22.8 Å². The average molecular weight is 278 g/mol. The zero-order valence-electron chi connectivity index (χ0n) is 10.4. The summed E-state index contributed by atoms with van der Waals surface area (Å²) in [7, 11) is -2.97. The van der Waals surface area contributed by atoms with E-state index in [0.717, 1.165) is 0 Å². The van der Waals surface area contributed by atoms with Crippen LogP contribution in [0.15, 0.2) is 18.2 Å². The Balaban J connectivity index is 2.32. The number of carbonyl (C=O) groups excluding carboxylic acids is 1. The van der Waals surface area contributed by atoms with Crippen LogP contribution in [-0.4, -0.2) is 39.3 Å². The summed E-state index contributed by atoms with van der Waals surface area (Å²) in [5.74, 6) is 0.297. The molecule has 0 radical (unpaired) electrons. The average Bonchev–Trinajstić information content (AvgIpc) is 2.59. The van der Waals surface area contributed by atoms with Crippen molar-refractivity contribution in [2.75, 3.05) is 29.5 Å². The van der Waals surface area contributed by atoms with Crippen LogP contribution in [-0.2, 0) is 9.84 Å². The van der Waals surface area contributed by atoms with Gasteiger partial charge in [-0.05, 0) is 24.6 Å². The van der Waals surface area contributed by atoms with Gasteiger partial charge in [-0.2, -0.15) is 5.26 Å². The minimum atomic E-state index is -2.97. The van der Waals surface area contributed by atoms with Gasteiger partial charge < -0.3 is 4.90 Å². The molecular formula is C13H14N2O3S. The van der Waals surface area contributed by atoms with Crippen LogP contribution in [0.2, 0.25) is 0 Å². The highest BCUT2D eigenvalue weighted by molar-refractivity contribution is 7.91. The largest absolute Gasteiger partial charge is 0.369 e. The van der Waals surface area contributed by atoms with Gasteiger partial charge in [0.15, 0.2) is 9.84 Å². The lowest BCUT2D eigenvalue weighted by Gasteiger charge is -2.23. The molecule has 0 saturated carbocycles. The smallest absolute Gasteiger partial charge is 0.152 e. The Morgan fingerprint density at radius 1 is 1.26 bits per heavy atom. The summed E-state index contributed by atoms with van der Waals surface area (Å²) in [5, 5.41) is 9.13. The summed E-state index contributed by atoms with van der Waals surface area (Å²) in [4.78, 5) is 12.6. The summed E-state index contributed by atoms with van der Waals surface area (Å²) in [5.41, 5.74) is 1.55. The first kappa shape index (κ1) is 13.6. The Labute approximate surface area is 112 Å². The summed E-state index contributed by atoms with van der Waals surface area (Å²) < 4.78 is 23.1. The highest BCUT2D eigenvalue weighted by Gasteiger charge is 2.20. The van der Waals surface area contributed by atoms with Crippen LogP contribution in [0.25, 0.3) is 0 Å². The first-order valence-electron chi connectivity index (χ1n) is 6.00. The number of rotatable bonds is 2. The summed E-state index contributed by atoms with van der Waals surface area (Å²) in [6, 6.07) is 6.94. The molecule has 6 heteroatoms. The second kappa shape index (κ2) is 5.41. The molecule has 0 N–H and O–H groups in total. The molecular weight excluding hydrogens is 264 g/mol. The highest BCUT2D eigenvalue weighted by Crippen LogP contribution is 2.22. The molecule has 1 aliphatic heterocycles. The van der Waals surface area contributed by atoms with Crippen LogP contribution < -0.4 is 4.90 Å². The summed E-state index contributed by atoms with van der Waals surface area (Å²) in [6.45, 7) is 0.992. The number of sulfone groups is 1. The quantitative estimate of drug-likeness (QED) is 0.754. The third kappa shape index (κ3) is 3.12. The van der Waals surface area contributed by atoms with Gasteiger partial charge in [0.1, 0.15) is 12.4 Å². The van der Waals surface area contributed by atoms with Crippen molar-refractivity contribution >= 4 is 21.8 Å². The van der Waals surface area contributed by atoms with E-state index < -0.39 is 9.84 Å². The predicted molar refractivity (Wildman–Crippen MR) is 72.0 cm³/mol. The predicted octanol–water partition coefficient (Wildman–Crippen LogP) is 0.996. The van der Waals surface area contributed by atoms with Crippen molar-refractivity contribution in [2.45, 2.75) is 6.42 Å². The minimum Gasteiger partial charge on any atom is -0.369 e. The van der Waals surface area contributed by atoms with Gasteiger partial charge in [-0.1, -0.05) is 0 Å². The van der Waals surface area contributed by atoms with E-state index in [4.69, 9.17) is 5.26 Å². The first-order valence-corrected chi connectivity index (χ1v) is 7.82. The molecule has 2 rings (SSSR count). The fraction of sp³-hybridized carbons (Fsp3) is 0.385. The van der Waals surface area contributed by atoms with Crippen molar-refractivity contribution in [2.24, 2.45) is 0 Å². The van der Waals surface area contributed by atoms with Gasteiger partial charge in [0, 0.05) is 18.7 Å². The first-order chi connectivity index (χ1) is 9.05. The van der Waals surface area contributed by atoms with Gasteiger partial charge in [-0.3, -0.25) is 4.79 Å². The highest BCUT2D eigenvalue weighted by atomic mass is 32.2. The molecule has 0 atom stereocenters. The van der Waals surface area contributed by atoms with Crippen LogP contribution in [0.4, 0.5) is 5.69 Å². The molecule has 5 nitrogen and oxygen atoms in total. The van der Waals surface area contributed by atoms with Crippen molar-refractivity contribution in [3.05, 3.63) is 29.3 Å². The van der Waals surface area contributed by atoms with E-state index in [-0.39, 0.29) is 11.5 Å². The van der Waals surface area contributed by atoms with Crippen molar-refractivity contribution in [1.29, 1.82) is 5.26 Å². The van der Waals surface area contributed by atoms with Gasteiger partial charge in [0.25, 0.3) is 0 Å². The molecule has 1 aromatic rings. The fourth-order valence-corrected chi connectivity index (χ4v) is 3.44. The molecule has 0 spiro atoms. The molecule has 0 aliphatic carbocycles. The molecule has 1 aliphatic rings. The van der Waals surface area contributed by atoms with E-state index in [9.17, 15) is 13.2 Å². The van der Waals surface area contributed by atoms with Crippen LogP contribution in [0.1, 0.15) is 22.3 Å². The fourth-order valence-electron chi connectivity index (χ4n) is 2.17. The van der Waals surface area contributed by atoms with Gasteiger partial charge >= 0.3 is 0 Å². The molecule has 1 heterocycles. The molecule has 1 aromatic carbocycles. The van der Waals surface area contributed by atoms with E-state index in [1.807, 2.05) is 4.90 Å². The van der Waals surface area contributed by atoms with Crippen LogP contribution in [0.5, 0.6) is 0 Å². The molecule has 1 saturated heterocycles. The Kier molecular flexibility index (Phi) is 3.86. The Morgan fingerprint density at radius 3 is 2.74 bits per heavy atom. The Bertz CT molecular complexity index is 632. The van der Waals surface area contributed by atoms with Crippen LogP contribution >= 0.6 is 0 Å². The molecule has 0 aromatic heterocycles. The summed E-state index contributed by atoms with van der Waals surface area (Å²) >= 11 is 0. The summed E-state index contributed by atoms with van der Waals surface area (Å²) in [6.07, 6.45) is 1.25. The van der Waals surface area contributed by atoms with Crippen molar-refractivity contribution in [1.82, 2.24) is 0 Å². The van der Waals surface area contributed by atoms with E-state index in [0.29, 0.717) is 42.6 Å². The number of nitrogens with zero attached hydrogens (tertiary/aromatic N) is 2. The second-order valence-corrected chi connectivity index (χ2v) is 6.80. The Hall–Kier alpha value is -1.87. The zero-order chi connectivity index (χ0) is 13.9. The second-order valence-electron chi connectivity index (χ2n) is 4.50. The number of hydrogen-bond acceptors (Lipinski definition) is 5. The number of hydrogen-bond donors (Lipinski definition) is 0. The van der Waals surface area contributed by atoms with Crippen molar-refractivity contribution in [3.63, 3.8) is 0 Å². The molecule has 19 heavy (non-hydrogen) atoms. The molecule has 1 fully saturated rings. The molecule has 0 bridgehead atoms. The zero-order valence-corrected chi connectivity index (χ0v) is 11.2. The van der Waals surface area contributed by atoms with Gasteiger partial charge in [-0.25, -0.2) is 8.42 Å². The number of carbonyl (C=O) groups is 1. The third-order valence-corrected chi connectivity index (χ3v) is 4.89. The maximum atomic E-state index is 11.6. The molecule has 0 amide bonds. The van der Waals surface area contributed by atoms with Gasteiger partial charge in [0.2, 0.25) is 0 Å². The monoisotopic (exact) mass is 278 g/mol. The van der Waals surface area contributed by atoms with Crippen molar-refractivity contribution < 1.29 is 13.2 Å². The van der Waals surface area contributed by atoms with Crippen molar-refractivity contribution in [3.8, 4) is 6.07 Å².